The second kappa shape index (κ2) is 9.62. The monoisotopic (exact) mass is 352 g/mol. The third-order valence-electron chi connectivity index (χ3n) is 2.93. The predicted molar refractivity (Wildman–Crippen MR) is 83.8 cm³/mol. The Balaban J connectivity index is 2.43. The number of anilines is 1. The number of halogens is 4. The van der Waals surface area contributed by atoms with Crippen LogP contribution in [0.1, 0.15) is 31.7 Å². The molecule has 0 radical (unpaired) electrons. The molecule has 0 aliphatic rings. The van der Waals surface area contributed by atoms with Gasteiger partial charge in [0.1, 0.15) is 0 Å². The molecule has 23 heavy (non-hydrogen) atoms. The third-order valence-corrected chi connectivity index (χ3v) is 3.16. The van der Waals surface area contributed by atoms with Crippen LogP contribution in [0.4, 0.5) is 23.7 Å². The maximum atomic E-state index is 12.9. The van der Waals surface area contributed by atoms with Crippen molar-refractivity contribution in [2.75, 3.05) is 25.1 Å². The predicted octanol–water partition coefficient (Wildman–Crippen LogP) is 4.69. The van der Waals surface area contributed by atoms with Crippen LogP contribution >= 0.6 is 11.6 Å². The van der Waals surface area contributed by atoms with Crippen LogP contribution in [-0.2, 0) is 10.9 Å². The lowest BCUT2D eigenvalue weighted by atomic mass is 10.1. The van der Waals surface area contributed by atoms with Gasteiger partial charge in [-0.1, -0.05) is 24.9 Å². The van der Waals surface area contributed by atoms with Crippen molar-refractivity contribution >= 4 is 23.3 Å². The van der Waals surface area contributed by atoms with E-state index in [1.807, 2.05) is 0 Å². The van der Waals surface area contributed by atoms with Gasteiger partial charge in [0.25, 0.3) is 0 Å². The van der Waals surface area contributed by atoms with E-state index in [2.05, 4.69) is 17.6 Å². The summed E-state index contributed by atoms with van der Waals surface area (Å²) in [5, 5.41) is 4.62. The summed E-state index contributed by atoms with van der Waals surface area (Å²) >= 11 is 5.57. The maximum Gasteiger partial charge on any atom is 0.418 e. The molecule has 2 N–H and O–H groups in total. The lowest BCUT2D eigenvalue weighted by molar-refractivity contribution is -0.136. The zero-order valence-electron chi connectivity index (χ0n) is 12.8. The summed E-state index contributed by atoms with van der Waals surface area (Å²) in [6.07, 6.45) is -1.99. The van der Waals surface area contributed by atoms with Crippen LogP contribution in [0, 0.1) is 0 Å². The van der Waals surface area contributed by atoms with Gasteiger partial charge in [-0.3, -0.25) is 0 Å². The summed E-state index contributed by atoms with van der Waals surface area (Å²) in [5.74, 6) is 0. The fourth-order valence-corrected chi connectivity index (χ4v) is 1.92. The number of carbonyl (C=O) groups is 1. The summed E-state index contributed by atoms with van der Waals surface area (Å²) in [7, 11) is 0. The molecule has 0 atom stereocenters. The van der Waals surface area contributed by atoms with Gasteiger partial charge in [-0.25, -0.2) is 4.79 Å². The number of unbranched alkanes of at least 4 members (excludes halogenated alkanes) is 1. The van der Waals surface area contributed by atoms with Crippen molar-refractivity contribution in [3.05, 3.63) is 28.8 Å². The lowest BCUT2D eigenvalue weighted by Gasteiger charge is -2.14. The number of rotatable bonds is 8. The van der Waals surface area contributed by atoms with Gasteiger partial charge < -0.3 is 15.4 Å². The van der Waals surface area contributed by atoms with E-state index in [0.717, 1.165) is 25.0 Å². The molecule has 0 bridgehead atoms. The number of hydrogen-bond acceptors (Lipinski definition) is 2. The molecule has 8 heteroatoms. The molecule has 4 nitrogen and oxygen atoms in total. The van der Waals surface area contributed by atoms with Gasteiger partial charge in [0.05, 0.1) is 11.3 Å². The van der Waals surface area contributed by atoms with Crippen molar-refractivity contribution in [3.63, 3.8) is 0 Å². The summed E-state index contributed by atoms with van der Waals surface area (Å²) in [6, 6.07) is 2.48. The molecular weight excluding hydrogens is 333 g/mol. The average Bonchev–Trinajstić information content (AvgIpc) is 2.47. The molecule has 130 valence electrons. The number of urea groups is 1. The van der Waals surface area contributed by atoms with E-state index >= 15 is 0 Å². The van der Waals surface area contributed by atoms with Gasteiger partial charge >= 0.3 is 12.2 Å². The first-order chi connectivity index (χ1) is 10.8. The minimum absolute atomic E-state index is 0.0486. The Morgan fingerprint density at radius 2 is 1.96 bits per heavy atom. The SMILES string of the molecule is CCCCOCCCNC(=O)Nc1ccc(Cl)cc1C(F)(F)F. The zero-order chi connectivity index (χ0) is 17.3. The quantitative estimate of drug-likeness (QED) is 0.667. The van der Waals surface area contributed by atoms with Gasteiger partial charge in [-0.05, 0) is 31.0 Å². The highest BCUT2D eigenvalue weighted by Gasteiger charge is 2.34. The van der Waals surface area contributed by atoms with Gasteiger partial charge in [0.2, 0.25) is 0 Å². The molecule has 0 saturated carbocycles. The highest BCUT2D eigenvalue weighted by atomic mass is 35.5. The second-order valence-corrected chi connectivity index (χ2v) is 5.32. The molecular formula is C15H20ClF3N2O2. The van der Waals surface area contributed by atoms with Crippen molar-refractivity contribution in [1.29, 1.82) is 0 Å². The smallest absolute Gasteiger partial charge is 0.381 e. The van der Waals surface area contributed by atoms with Crippen LogP contribution in [0.5, 0.6) is 0 Å². The van der Waals surface area contributed by atoms with Crippen molar-refractivity contribution in [1.82, 2.24) is 5.32 Å². The molecule has 1 rings (SSSR count). The number of nitrogens with one attached hydrogen (secondary N) is 2. The Labute approximate surface area is 138 Å². The Morgan fingerprint density at radius 3 is 2.61 bits per heavy atom. The van der Waals surface area contributed by atoms with Gasteiger partial charge in [-0.2, -0.15) is 13.2 Å². The van der Waals surface area contributed by atoms with Gasteiger partial charge in [0, 0.05) is 24.8 Å². The van der Waals surface area contributed by atoms with E-state index < -0.39 is 17.8 Å². The number of hydrogen-bond donors (Lipinski definition) is 2. The first-order valence-corrected chi connectivity index (χ1v) is 7.71. The zero-order valence-corrected chi connectivity index (χ0v) is 13.6. The highest BCUT2D eigenvalue weighted by Crippen LogP contribution is 2.36. The van der Waals surface area contributed by atoms with E-state index in [4.69, 9.17) is 16.3 Å². The molecule has 0 spiro atoms. The minimum Gasteiger partial charge on any atom is -0.381 e. The Morgan fingerprint density at radius 1 is 1.26 bits per heavy atom. The average molecular weight is 353 g/mol. The molecule has 0 aromatic heterocycles. The summed E-state index contributed by atoms with van der Waals surface area (Å²) in [6.45, 7) is 3.53. The Hall–Kier alpha value is -1.47. The molecule has 0 unspecified atom stereocenters. The summed E-state index contributed by atoms with van der Waals surface area (Å²) < 4.78 is 44.0. The number of benzene rings is 1. The highest BCUT2D eigenvalue weighted by molar-refractivity contribution is 6.30. The molecule has 1 aromatic rings. The van der Waals surface area contributed by atoms with Crippen LogP contribution in [0.2, 0.25) is 5.02 Å². The van der Waals surface area contributed by atoms with Gasteiger partial charge in [-0.15, -0.1) is 0 Å². The maximum absolute atomic E-state index is 12.9. The lowest BCUT2D eigenvalue weighted by Crippen LogP contribution is -2.31. The van der Waals surface area contributed by atoms with E-state index in [0.29, 0.717) is 26.2 Å². The molecule has 0 saturated heterocycles. The summed E-state index contributed by atoms with van der Waals surface area (Å²) in [5.41, 5.74) is -1.32. The second-order valence-electron chi connectivity index (χ2n) is 4.89. The van der Waals surface area contributed by atoms with E-state index in [1.165, 1.54) is 6.07 Å². The van der Waals surface area contributed by atoms with Crippen molar-refractivity contribution in [2.45, 2.75) is 32.4 Å². The number of carbonyl (C=O) groups excluding carboxylic acids is 1. The molecule has 2 amide bonds. The van der Waals surface area contributed by atoms with E-state index in [1.54, 1.807) is 0 Å². The summed E-state index contributed by atoms with van der Waals surface area (Å²) in [4.78, 5) is 11.6. The van der Waals surface area contributed by atoms with Gasteiger partial charge in [0.15, 0.2) is 0 Å². The first-order valence-electron chi connectivity index (χ1n) is 7.34. The third kappa shape index (κ3) is 7.56. The van der Waals surface area contributed by atoms with Crippen LogP contribution in [-0.4, -0.2) is 25.8 Å². The number of ether oxygens (including phenoxy) is 1. The normalized spacial score (nSPS) is 11.3. The molecule has 0 aliphatic carbocycles. The van der Waals surface area contributed by atoms with Crippen LogP contribution in [0.3, 0.4) is 0 Å². The number of alkyl halides is 3. The van der Waals surface area contributed by atoms with Crippen molar-refractivity contribution < 1.29 is 22.7 Å². The van der Waals surface area contributed by atoms with Crippen molar-refractivity contribution in [3.8, 4) is 0 Å². The Bertz CT molecular complexity index is 510. The van der Waals surface area contributed by atoms with Crippen molar-refractivity contribution in [2.24, 2.45) is 0 Å². The minimum atomic E-state index is -4.60. The number of amides is 2. The largest absolute Gasteiger partial charge is 0.418 e. The van der Waals surface area contributed by atoms with Crippen LogP contribution in [0.25, 0.3) is 0 Å². The fraction of sp³-hybridized carbons (Fsp3) is 0.533. The molecule has 0 aliphatic heterocycles. The fourth-order valence-electron chi connectivity index (χ4n) is 1.75. The topological polar surface area (TPSA) is 50.4 Å². The van der Waals surface area contributed by atoms with E-state index in [-0.39, 0.29) is 10.7 Å². The van der Waals surface area contributed by atoms with Crippen LogP contribution < -0.4 is 10.6 Å². The first kappa shape index (κ1) is 19.6. The standard InChI is InChI=1S/C15H20ClF3N2O2/c1-2-3-8-23-9-4-7-20-14(22)21-13-6-5-11(16)10-12(13)15(17,18)19/h5-6,10H,2-4,7-9H2,1H3,(H2,20,21,22). The Kier molecular flexibility index (Phi) is 8.19. The molecule has 0 fully saturated rings. The van der Waals surface area contributed by atoms with Crippen LogP contribution in [0.15, 0.2) is 18.2 Å². The van der Waals surface area contributed by atoms with E-state index in [9.17, 15) is 18.0 Å². The molecule has 1 aromatic carbocycles. The molecule has 0 heterocycles.